The Kier molecular flexibility index (Phi) is 15.3. The van der Waals surface area contributed by atoms with E-state index in [1.165, 1.54) is 123 Å². The van der Waals surface area contributed by atoms with Crippen LogP contribution in [0.2, 0.25) is 0 Å². The molecular formula is C56H60SiZr-4. The maximum atomic E-state index is 3.06. The van der Waals surface area contributed by atoms with E-state index in [1.54, 1.807) is 0 Å². The molecule has 0 atom stereocenters. The van der Waals surface area contributed by atoms with E-state index >= 15 is 0 Å². The molecule has 0 saturated carbocycles. The van der Waals surface area contributed by atoms with Crippen molar-refractivity contribution in [3.05, 3.63) is 194 Å². The fraction of sp³-hybridized carbons (Fsp3) is 0.214. The number of aryl methyl sites for hydroxylation is 4. The van der Waals surface area contributed by atoms with Gasteiger partial charge in [0.1, 0.15) is 0 Å². The van der Waals surface area contributed by atoms with Gasteiger partial charge in [0.25, 0.3) is 0 Å². The minimum absolute atomic E-state index is 0. The Morgan fingerprint density at radius 2 is 0.586 bits per heavy atom. The summed E-state index contributed by atoms with van der Waals surface area (Å²) >= 11 is 1.36. The van der Waals surface area contributed by atoms with Crippen LogP contribution < -0.4 is 0 Å². The number of hydrogen-bond donors (Lipinski definition) is 0. The first-order valence-electron chi connectivity index (χ1n) is 19.7. The molecule has 296 valence electrons. The van der Waals surface area contributed by atoms with Gasteiger partial charge in [0.05, 0.1) is 0 Å². The van der Waals surface area contributed by atoms with Crippen molar-refractivity contribution in [2.45, 2.75) is 80.1 Å². The topological polar surface area (TPSA) is 0 Å². The van der Waals surface area contributed by atoms with Crippen molar-refractivity contribution in [3.8, 4) is 44.5 Å². The standard InChI is InChI=1S/2C27H27.2CH3.Si.Zr/c2*1-18-6-10-20(11-7-18)23-14-15-24(21-12-8-19(2)9-13-21)26-17-22(16-25(23)26)27(3,4)5;;;;/h2*6-17H,1-5H3;2*1H3;;/q4*-1;;. The van der Waals surface area contributed by atoms with E-state index < -0.39 is 0 Å². The normalized spacial score (nSPS) is 11.1. The molecule has 58 heavy (non-hydrogen) atoms. The first-order chi connectivity index (χ1) is 26.7. The molecule has 0 heterocycles. The quantitative estimate of drug-likeness (QED) is 0.122. The van der Waals surface area contributed by atoms with Gasteiger partial charge in [-0.15, -0.1) is 44.8 Å². The fourth-order valence-electron chi connectivity index (χ4n) is 7.41. The van der Waals surface area contributed by atoms with Gasteiger partial charge in [0.15, 0.2) is 0 Å². The predicted octanol–water partition coefficient (Wildman–Crippen LogP) is 16.1. The van der Waals surface area contributed by atoms with Crippen molar-refractivity contribution in [1.82, 2.24) is 0 Å². The number of rotatable bonds is 4. The summed E-state index contributed by atoms with van der Waals surface area (Å²) in [4.78, 5) is 0. The van der Waals surface area contributed by atoms with Gasteiger partial charge in [-0.1, -0.05) is 219 Å². The molecule has 0 aliphatic rings. The molecule has 0 aromatic heterocycles. The van der Waals surface area contributed by atoms with Crippen molar-refractivity contribution >= 4 is 28.4 Å². The average molecular weight is 852 g/mol. The molecule has 2 heteroatoms. The van der Waals surface area contributed by atoms with Gasteiger partial charge >= 0.3 is 30.2 Å². The Morgan fingerprint density at radius 3 is 0.828 bits per heavy atom. The van der Waals surface area contributed by atoms with Gasteiger partial charge in [-0.25, -0.2) is 0 Å². The van der Waals surface area contributed by atoms with E-state index in [-0.39, 0.29) is 25.7 Å². The summed E-state index contributed by atoms with van der Waals surface area (Å²) in [5.41, 5.74) is 18.6. The van der Waals surface area contributed by atoms with Crippen LogP contribution in [0.4, 0.5) is 0 Å². The Balaban J connectivity index is 0.000000238. The summed E-state index contributed by atoms with van der Waals surface area (Å²) in [6.07, 6.45) is 0. The number of hydrogen-bond acceptors (Lipinski definition) is 0. The van der Waals surface area contributed by atoms with Crippen LogP contribution in [0.1, 0.15) is 74.9 Å². The Labute approximate surface area is 367 Å². The molecular weight excluding hydrogens is 792 g/mol. The Bertz CT molecular complexity index is 2210. The van der Waals surface area contributed by atoms with Crippen LogP contribution in [0.15, 0.2) is 146 Å². The molecule has 0 unspecified atom stereocenters. The third-order valence-electron chi connectivity index (χ3n) is 11.0. The second kappa shape index (κ2) is 19.1. The van der Waals surface area contributed by atoms with E-state index in [9.17, 15) is 0 Å². The zero-order valence-corrected chi connectivity index (χ0v) is 40.3. The van der Waals surface area contributed by atoms with Crippen LogP contribution in [0, 0.1) is 42.5 Å². The molecule has 0 amide bonds. The maximum absolute atomic E-state index is 3.06. The molecule has 8 aromatic rings. The summed E-state index contributed by atoms with van der Waals surface area (Å²) in [6.45, 7) is 25.4. The molecule has 0 aliphatic heterocycles. The van der Waals surface area contributed by atoms with E-state index in [0.717, 1.165) is 0 Å². The third kappa shape index (κ3) is 10.3. The summed E-state index contributed by atoms with van der Waals surface area (Å²) in [7, 11) is 0. The van der Waals surface area contributed by atoms with Gasteiger partial charge < -0.3 is 14.9 Å². The van der Waals surface area contributed by atoms with E-state index in [0.29, 0.717) is 0 Å². The molecule has 8 rings (SSSR count). The van der Waals surface area contributed by atoms with E-state index in [1.807, 2.05) is 0 Å². The monoisotopic (exact) mass is 850 g/mol. The van der Waals surface area contributed by atoms with Crippen LogP contribution >= 0.6 is 0 Å². The average Bonchev–Trinajstić information content (AvgIpc) is 3.84. The van der Waals surface area contributed by atoms with Crippen molar-refractivity contribution in [3.63, 3.8) is 0 Å². The molecule has 0 aliphatic carbocycles. The SMILES string of the molecule is Cc1ccc(-c2ccc(-c3ccc(C)cc3)c3[cH-]c(C(C)(C)C)cc23)cc1.Cc1ccc(-c2ccc(-c3ccc(C)cc3)c3[cH-]c(C(C)(C)C)cc23)cc1.[CH3-].[CH3-].[Si]=[Zr]. The van der Waals surface area contributed by atoms with Gasteiger partial charge in [-0.05, 0) is 49.7 Å². The molecule has 0 spiro atoms. The molecule has 2 radical (unpaired) electrons. The second-order valence-corrected chi connectivity index (χ2v) is 17.4. The Morgan fingerprint density at radius 1 is 0.362 bits per heavy atom. The van der Waals surface area contributed by atoms with Crippen molar-refractivity contribution < 1.29 is 23.3 Å². The molecule has 0 fully saturated rings. The van der Waals surface area contributed by atoms with E-state index in [2.05, 4.69) is 222 Å². The third-order valence-corrected chi connectivity index (χ3v) is 11.0. The summed E-state index contributed by atoms with van der Waals surface area (Å²) < 4.78 is 0. The van der Waals surface area contributed by atoms with Crippen LogP contribution in [0.25, 0.3) is 66.1 Å². The minimum atomic E-state index is 0. The first-order valence-corrected chi connectivity index (χ1v) is 23.9. The van der Waals surface area contributed by atoms with Gasteiger partial charge in [0.2, 0.25) is 0 Å². The first kappa shape index (κ1) is 46.3. The number of benzene rings is 6. The summed E-state index contributed by atoms with van der Waals surface area (Å²) in [5.74, 6) is 0. The predicted molar refractivity (Wildman–Crippen MR) is 256 cm³/mol. The molecule has 0 nitrogen and oxygen atoms in total. The molecule has 0 bridgehead atoms. The number of fused-ring (bicyclic) bond motifs is 2. The zero-order valence-electron chi connectivity index (χ0n) is 36.9. The van der Waals surface area contributed by atoms with Crippen LogP contribution in [0.3, 0.4) is 0 Å². The van der Waals surface area contributed by atoms with Gasteiger partial charge in [-0.3, -0.25) is 0 Å². The van der Waals surface area contributed by atoms with Gasteiger partial charge in [-0.2, -0.15) is 12.1 Å². The van der Waals surface area contributed by atoms with Crippen LogP contribution in [-0.4, -0.2) is 6.88 Å². The molecule has 0 saturated heterocycles. The van der Waals surface area contributed by atoms with E-state index in [4.69, 9.17) is 0 Å². The van der Waals surface area contributed by atoms with Crippen molar-refractivity contribution in [2.75, 3.05) is 0 Å². The fourth-order valence-corrected chi connectivity index (χ4v) is 7.41. The van der Waals surface area contributed by atoms with Gasteiger partial charge in [0, 0.05) is 0 Å². The second-order valence-electron chi connectivity index (χ2n) is 17.4. The molecule has 8 aromatic carbocycles. The van der Waals surface area contributed by atoms with Crippen molar-refractivity contribution in [1.29, 1.82) is 0 Å². The van der Waals surface area contributed by atoms with Crippen molar-refractivity contribution in [2.24, 2.45) is 0 Å². The van der Waals surface area contributed by atoms with Crippen LogP contribution in [0.5, 0.6) is 0 Å². The summed E-state index contributed by atoms with van der Waals surface area (Å²) in [6, 6.07) is 54.2. The molecule has 0 N–H and O–H groups in total. The zero-order chi connectivity index (χ0) is 40.4. The Hall–Kier alpha value is -4.36. The summed E-state index contributed by atoms with van der Waals surface area (Å²) in [5, 5.41) is 5.40. The van der Waals surface area contributed by atoms with Crippen LogP contribution in [-0.2, 0) is 34.2 Å².